The molecular weight excluding hydrogens is 208 g/mol. The molecule has 6 heteroatoms. The minimum atomic E-state index is -0.982. The van der Waals surface area contributed by atoms with Gasteiger partial charge in [0.05, 0.1) is 0 Å². The molecule has 0 radical (unpaired) electrons. The molecule has 1 aromatic carbocycles. The molecule has 0 N–H and O–H groups in total. The van der Waals surface area contributed by atoms with Gasteiger partial charge in [0.25, 0.3) is 0 Å². The van der Waals surface area contributed by atoms with Crippen molar-refractivity contribution in [2.24, 2.45) is 5.28 Å². The van der Waals surface area contributed by atoms with Gasteiger partial charge in [0.2, 0.25) is 0 Å². The zero-order chi connectivity index (χ0) is 11.8. The second-order valence-corrected chi connectivity index (χ2v) is 2.63. The molecule has 78 valence electrons. The highest BCUT2D eigenvalue weighted by Crippen LogP contribution is 2.07. The van der Waals surface area contributed by atoms with E-state index in [1.165, 1.54) is 6.08 Å². The fraction of sp³-hybridized carbons (Fsp3) is 0. The normalized spacial score (nSPS) is 9.81. The first-order chi connectivity index (χ1) is 7.77. The summed E-state index contributed by atoms with van der Waals surface area (Å²) in [7, 11) is 0. The molecule has 0 bridgehead atoms. The van der Waals surface area contributed by atoms with Crippen LogP contribution in [-0.2, 0) is 9.63 Å². The van der Waals surface area contributed by atoms with Crippen molar-refractivity contribution in [2.75, 3.05) is 0 Å². The van der Waals surface area contributed by atoms with Crippen LogP contribution in [0.15, 0.2) is 41.2 Å². The molecule has 0 aliphatic heterocycles. The summed E-state index contributed by atoms with van der Waals surface area (Å²) in [6.07, 6.45) is 1.34. The van der Waals surface area contributed by atoms with Crippen molar-refractivity contribution in [1.82, 2.24) is 0 Å². The van der Waals surface area contributed by atoms with Crippen molar-refractivity contribution in [2.45, 2.75) is 0 Å². The topological polar surface area (TPSA) is 98.9 Å². The summed E-state index contributed by atoms with van der Waals surface area (Å²) >= 11 is 0. The molecule has 0 unspecified atom stereocenters. The molecule has 1 aromatic rings. The van der Waals surface area contributed by atoms with Gasteiger partial charge in [-0.05, 0) is 17.2 Å². The van der Waals surface area contributed by atoms with Gasteiger partial charge in [-0.25, -0.2) is 4.79 Å². The second kappa shape index (κ2) is 5.86. The molecule has 6 nitrogen and oxygen atoms in total. The number of nitriles is 1. The lowest BCUT2D eigenvalue weighted by Gasteiger charge is -1.95. The number of rotatable bonds is 3. The molecule has 0 aliphatic carbocycles. The summed E-state index contributed by atoms with van der Waals surface area (Å²) in [4.78, 5) is 17.5. The lowest BCUT2D eigenvalue weighted by Crippen LogP contribution is -2.01. The fourth-order valence-corrected chi connectivity index (χ4v) is 0.957. The van der Waals surface area contributed by atoms with Crippen LogP contribution >= 0.6 is 0 Å². The van der Waals surface area contributed by atoms with E-state index in [9.17, 15) is 4.79 Å². The highest BCUT2D eigenvalue weighted by Gasteiger charge is 2.09. The van der Waals surface area contributed by atoms with Crippen LogP contribution in [0.1, 0.15) is 5.56 Å². The molecule has 0 heterocycles. The summed E-state index contributed by atoms with van der Waals surface area (Å²) in [5.74, 6) is -0.982. The van der Waals surface area contributed by atoms with E-state index in [4.69, 9.17) is 10.8 Å². The smallest absolute Gasteiger partial charge is 0.354 e. The Morgan fingerprint density at radius 2 is 2.19 bits per heavy atom. The molecule has 1 rings (SSSR count). The quantitative estimate of drug-likeness (QED) is 0.193. The van der Waals surface area contributed by atoms with E-state index in [0.29, 0.717) is 5.56 Å². The number of benzene rings is 1. The van der Waals surface area contributed by atoms with Crippen LogP contribution in [0.5, 0.6) is 0 Å². The highest BCUT2D eigenvalue weighted by molar-refractivity contribution is 5.97. The fourth-order valence-electron chi connectivity index (χ4n) is 0.957. The van der Waals surface area contributed by atoms with Gasteiger partial charge in [0, 0.05) is 4.91 Å². The Balaban J connectivity index is 2.91. The first kappa shape index (κ1) is 11.3. The molecule has 0 spiro atoms. The Bertz CT molecular complexity index is 495. The van der Waals surface area contributed by atoms with Crippen LogP contribution in [0.4, 0.5) is 0 Å². The van der Waals surface area contributed by atoms with E-state index < -0.39 is 5.97 Å². The molecular formula is C10H6N4O2. The van der Waals surface area contributed by atoms with Gasteiger partial charge >= 0.3 is 5.97 Å². The minimum absolute atomic E-state index is 0.237. The first-order valence-corrected chi connectivity index (χ1v) is 4.20. The molecule has 0 aromatic heterocycles. The van der Waals surface area contributed by atoms with Crippen molar-refractivity contribution in [3.05, 3.63) is 51.9 Å². The monoisotopic (exact) mass is 214 g/mol. The maximum atomic E-state index is 11.2. The Hall–Kier alpha value is -2.77. The van der Waals surface area contributed by atoms with Crippen LogP contribution < -0.4 is 0 Å². The predicted octanol–water partition coefficient (Wildman–Crippen LogP) is 2.36. The molecule has 0 aliphatic rings. The molecule has 0 fully saturated rings. The Morgan fingerprint density at radius 1 is 1.50 bits per heavy atom. The van der Waals surface area contributed by atoms with E-state index in [1.807, 2.05) is 6.07 Å². The first-order valence-electron chi connectivity index (χ1n) is 4.20. The van der Waals surface area contributed by atoms with Crippen LogP contribution in [0.3, 0.4) is 0 Å². The third-order valence-corrected chi connectivity index (χ3v) is 1.61. The van der Waals surface area contributed by atoms with Crippen LogP contribution in [-0.4, -0.2) is 5.97 Å². The molecule has 0 saturated carbocycles. The van der Waals surface area contributed by atoms with Crippen LogP contribution in [0, 0.1) is 11.3 Å². The third kappa shape index (κ3) is 3.18. The summed E-state index contributed by atoms with van der Waals surface area (Å²) in [6, 6.07) is 10.4. The summed E-state index contributed by atoms with van der Waals surface area (Å²) in [5, 5.41) is 11.3. The Morgan fingerprint density at radius 3 is 2.75 bits per heavy atom. The number of carbonyl (C=O) groups is 1. The van der Waals surface area contributed by atoms with E-state index in [-0.39, 0.29) is 5.57 Å². The summed E-state index contributed by atoms with van der Waals surface area (Å²) in [6.45, 7) is 0. The van der Waals surface area contributed by atoms with Gasteiger partial charge < -0.3 is 4.84 Å². The van der Waals surface area contributed by atoms with Crippen molar-refractivity contribution < 1.29 is 9.63 Å². The standard InChI is InChI=1S/C10H6N4O2/c11-7-9(10(15)16-14-13-12)6-8-4-2-1-3-5-8/h1-6H. The number of nitrogens with zero attached hydrogens (tertiary/aromatic N) is 4. The SMILES string of the molecule is N#CC(=Cc1ccccc1)C(=O)ON=[N+]=[N-]. The van der Waals surface area contributed by atoms with Crippen molar-refractivity contribution in [3.8, 4) is 6.07 Å². The average molecular weight is 214 g/mol. The average Bonchev–Trinajstić information content (AvgIpc) is 2.34. The lowest BCUT2D eigenvalue weighted by molar-refractivity contribution is -0.138. The van der Waals surface area contributed by atoms with E-state index in [2.05, 4.69) is 15.0 Å². The van der Waals surface area contributed by atoms with E-state index in [1.54, 1.807) is 30.3 Å². The summed E-state index contributed by atoms with van der Waals surface area (Å²) < 4.78 is 0. The van der Waals surface area contributed by atoms with Gasteiger partial charge in [-0.1, -0.05) is 30.3 Å². The second-order valence-electron chi connectivity index (χ2n) is 2.63. The Kier molecular flexibility index (Phi) is 4.14. The van der Waals surface area contributed by atoms with E-state index in [0.717, 1.165) is 0 Å². The van der Waals surface area contributed by atoms with Gasteiger partial charge in [-0.2, -0.15) is 5.26 Å². The Labute approximate surface area is 91.0 Å². The van der Waals surface area contributed by atoms with Crippen LogP contribution in [0.25, 0.3) is 16.5 Å². The lowest BCUT2D eigenvalue weighted by atomic mass is 10.1. The van der Waals surface area contributed by atoms with Gasteiger partial charge in [-0.3, -0.25) is 0 Å². The minimum Gasteiger partial charge on any atom is -0.354 e. The summed E-state index contributed by atoms with van der Waals surface area (Å²) in [5.41, 5.74) is 8.38. The zero-order valence-electron chi connectivity index (χ0n) is 8.07. The molecule has 16 heavy (non-hydrogen) atoms. The van der Waals surface area contributed by atoms with Crippen LogP contribution in [0.2, 0.25) is 0 Å². The predicted molar refractivity (Wildman–Crippen MR) is 55.3 cm³/mol. The maximum absolute atomic E-state index is 11.2. The van der Waals surface area contributed by atoms with Gasteiger partial charge in [0.1, 0.15) is 16.9 Å². The highest BCUT2D eigenvalue weighted by atomic mass is 16.7. The molecule has 0 saturated heterocycles. The van der Waals surface area contributed by atoms with Gasteiger partial charge in [0.15, 0.2) is 0 Å². The van der Waals surface area contributed by atoms with Crippen molar-refractivity contribution in [3.63, 3.8) is 0 Å². The molecule has 0 amide bonds. The van der Waals surface area contributed by atoms with Gasteiger partial charge in [-0.15, -0.1) is 0 Å². The maximum Gasteiger partial charge on any atom is 0.360 e. The van der Waals surface area contributed by atoms with Crippen molar-refractivity contribution in [1.29, 1.82) is 5.26 Å². The molecule has 0 atom stereocenters. The number of hydrogen-bond acceptors (Lipinski definition) is 4. The van der Waals surface area contributed by atoms with Crippen molar-refractivity contribution >= 4 is 12.0 Å². The number of hydrogen-bond donors (Lipinski definition) is 0. The third-order valence-electron chi connectivity index (χ3n) is 1.61. The zero-order valence-corrected chi connectivity index (χ0v) is 8.07. The number of azide groups is 1. The number of carbonyl (C=O) groups excluding carboxylic acids is 1. The largest absolute Gasteiger partial charge is 0.360 e. The van der Waals surface area contributed by atoms with E-state index >= 15 is 0 Å².